The normalized spacial score (nSPS) is 10.9. The molecule has 0 aliphatic rings. The summed E-state index contributed by atoms with van der Waals surface area (Å²) in [4.78, 5) is 14.3. The summed E-state index contributed by atoms with van der Waals surface area (Å²) in [5.74, 6) is 1.28. The van der Waals surface area contributed by atoms with Crippen LogP contribution in [0.15, 0.2) is 65.1 Å². The zero-order chi connectivity index (χ0) is 21.3. The molecule has 30 heavy (non-hydrogen) atoms. The molecule has 0 saturated heterocycles. The van der Waals surface area contributed by atoms with Gasteiger partial charge in [0.15, 0.2) is 5.76 Å². The summed E-state index contributed by atoms with van der Waals surface area (Å²) in [6, 6.07) is 17.9. The molecule has 5 nitrogen and oxygen atoms in total. The van der Waals surface area contributed by atoms with Crippen LogP contribution in [0.3, 0.4) is 0 Å². The molecule has 3 aromatic rings. The van der Waals surface area contributed by atoms with E-state index < -0.39 is 0 Å². The molecule has 0 aliphatic heterocycles. The van der Waals surface area contributed by atoms with Gasteiger partial charge in [-0.05, 0) is 53.9 Å². The van der Waals surface area contributed by atoms with Crippen molar-refractivity contribution in [3.63, 3.8) is 0 Å². The first-order valence-corrected chi connectivity index (χ1v) is 10.0. The second kappa shape index (κ2) is 10.6. The fraction of sp³-hybridized carbons (Fsp3) is 0.292. The number of rotatable bonds is 10. The summed E-state index contributed by atoms with van der Waals surface area (Å²) in [7, 11) is 1.64. The number of carbonyl (C=O) groups excluding carboxylic acids is 1. The number of hydrogen-bond donors (Lipinski definition) is 1. The van der Waals surface area contributed by atoms with E-state index in [1.807, 2.05) is 43.3 Å². The number of halogens is 1. The molecule has 2 aromatic carbocycles. The maximum Gasteiger partial charge on any atom is 0.286 e. The Kier molecular flexibility index (Phi) is 7.63. The Morgan fingerprint density at radius 3 is 2.47 bits per heavy atom. The Hall–Kier alpha value is -3.12. The van der Waals surface area contributed by atoms with Gasteiger partial charge in [0.1, 0.15) is 17.3 Å². The molecule has 0 aliphatic carbocycles. The Labute approximate surface area is 176 Å². The van der Waals surface area contributed by atoms with Crippen LogP contribution in [0.4, 0.5) is 4.39 Å². The lowest BCUT2D eigenvalue weighted by Crippen LogP contribution is -2.24. The minimum absolute atomic E-state index is 0.215. The van der Waals surface area contributed by atoms with Crippen LogP contribution in [0.1, 0.15) is 40.8 Å². The number of methoxy groups -OCH3 is 1. The summed E-state index contributed by atoms with van der Waals surface area (Å²) < 4.78 is 24.8. The van der Waals surface area contributed by atoms with Gasteiger partial charge in [0.25, 0.3) is 5.91 Å². The molecule has 1 N–H and O–H groups in total. The van der Waals surface area contributed by atoms with Crippen LogP contribution in [0.5, 0.6) is 5.75 Å². The lowest BCUT2D eigenvalue weighted by molar-refractivity contribution is 0.0921. The Bertz CT molecular complexity index is 970. The van der Waals surface area contributed by atoms with E-state index in [4.69, 9.17) is 9.15 Å². The van der Waals surface area contributed by atoms with E-state index in [1.165, 1.54) is 12.1 Å². The average molecular weight is 410 g/mol. The average Bonchev–Trinajstić information content (AvgIpc) is 3.20. The van der Waals surface area contributed by atoms with E-state index in [9.17, 15) is 9.18 Å². The second-order valence-corrected chi connectivity index (χ2v) is 7.15. The number of furan rings is 1. The van der Waals surface area contributed by atoms with Crippen molar-refractivity contribution >= 4 is 5.91 Å². The summed E-state index contributed by atoms with van der Waals surface area (Å²) in [6.45, 7) is 4.24. The highest BCUT2D eigenvalue weighted by atomic mass is 19.1. The fourth-order valence-electron chi connectivity index (χ4n) is 3.22. The van der Waals surface area contributed by atoms with Gasteiger partial charge in [0, 0.05) is 19.6 Å². The fourth-order valence-corrected chi connectivity index (χ4v) is 3.22. The smallest absolute Gasteiger partial charge is 0.286 e. The van der Waals surface area contributed by atoms with Crippen molar-refractivity contribution in [3.8, 4) is 5.75 Å². The molecule has 3 rings (SSSR count). The number of ether oxygens (including phenoxy) is 1. The molecule has 1 amide bonds. The molecule has 0 fully saturated rings. The van der Waals surface area contributed by atoms with Gasteiger partial charge in [-0.1, -0.05) is 31.2 Å². The number of amides is 1. The van der Waals surface area contributed by atoms with Crippen molar-refractivity contribution in [1.82, 2.24) is 10.2 Å². The minimum atomic E-state index is -0.262. The van der Waals surface area contributed by atoms with Gasteiger partial charge >= 0.3 is 0 Å². The van der Waals surface area contributed by atoms with Gasteiger partial charge in [-0.15, -0.1) is 0 Å². The predicted octanol–water partition coefficient (Wildman–Crippen LogP) is 4.77. The molecule has 1 aromatic heterocycles. The summed E-state index contributed by atoms with van der Waals surface area (Å²) >= 11 is 0. The highest BCUT2D eigenvalue weighted by Gasteiger charge is 2.15. The van der Waals surface area contributed by atoms with Crippen molar-refractivity contribution in [1.29, 1.82) is 0 Å². The minimum Gasteiger partial charge on any atom is -0.497 e. The Morgan fingerprint density at radius 2 is 1.77 bits per heavy atom. The first kappa shape index (κ1) is 21.6. The molecular weight excluding hydrogens is 383 g/mol. The van der Waals surface area contributed by atoms with Gasteiger partial charge < -0.3 is 14.5 Å². The Morgan fingerprint density at radius 1 is 1.03 bits per heavy atom. The molecule has 0 radical (unpaired) electrons. The molecule has 0 bridgehead atoms. The molecule has 6 heteroatoms. The maximum absolute atomic E-state index is 13.7. The van der Waals surface area contributed by atoms with Crippen LogP contribution in [0, 0.1) is 5.82 Å². The van der Waals surface area contributed by atoms with Crippen molar-refractivity contribution in [2.45, 2.75) is 33.0 Å². The summed E-state index contributed by atoms with van der Waals surface area (Å²) in [6.07, 6.45) is 0.862. The monoisotopic (exact) mass is 410 g/mol. The molecular formula is C24H27FN2O3. The topological polar surface area (TPSA) is 54.7 Å². The number of hydrogen-bond acceptors (Lipinski definition) is 4. The first-order chi connectivity index (χ1) is 14.6. The van der Waals surface area contributed by atoms with Crippen molar-refractivity contribution in [2.75, 3.05) is 13.7 Å². The van der Waals surface area contributed by atoms with E-state index in [0.29, 0.717) is 37.7 Å². The predicted molar refractivity (Wildman–Crippen MR) is 114 cm³/mol. The molecule has 158 valence electrons. The molecule has 0 atom stereocenters. The number of benzene rings is 2. The van der Waals surface area contributed by atoms with Gasteiger partial charge in [0.2, 0.25) is 0 Å². The summed E-state index contributed by atoms with van der Waals surface area (Å²) in [5.41, 5.74) is 1.93. The van der Waals surface area contributed by atoms with Gasteiger partial charge in [0.05, 0.1) is 13.7 Å². The van der Waals surface area contributed by atoms with Crippen LogP contribution >= 0.6 is 0 Å². The zero-order valence-electron chi connectivity index (χ0n) is 17.4. The third-order valence-electron chi connectivity index (χ3n) is 4.64. The van der Waals surface area contributed by atoms with Crippen LogP contribution in [0.25, 0.3) is 0 Å². The Balaban J connectivity index is 1.76. The van der Waals surface area contributed by atoms with E-state index in [-0.39, 0.29) is 11.7 Å². The molecule has 0 saturated carbocycles. The molecule has 1 heterocycles. The lowest BCUT2D eigenvalue weighted by atomic mass is 10.1. The molecule has 0 unspecified atom stereocenters. The second-order valence-electron chi connectivity index (χ2n) is 7.15. The van der Waals surface area contributed by atoms with Gasteiger partial charge in [-0.25, -0.2) is 4.39 Å². The van der Waals surface area contributed by atoms with E-state index >= 15 is 0 Å². The van der Waals surface area contributed by atoms with E-state index in [0.717, 1.165) is 23.3 Å². The largest absolute Gasteiger partial charge is 0.497 e. The zero-order valence-corrected chi connectivity index (χ0v) is 17.4. The third-order valence-corrected chi connectivity index (χ3v) is 4.64. The lowest BCUT2D eigenvalue weighted by Gasteiger charge is -2.22. The van der Waals surface area contributed by atoms with E-state index in [1.54, 1.807) is 19.2 Å². The van der Waals surface area contributed by atoms with Crippen LogP contribution < -0.4 is 10.1 Å². The van der Waals surface area contributed by atoms with Gasteiger partial charge in [-0.2, -0.15) is 0 Å². The quantitative estimate of drug-likeness (QED) is 0.523. The maximum atomic E-state index is 13.7. The van der Waals surface area contributed by atoms with Crippen LogP contribution in [0.2, 0.25) is 0 Å². The van der Waals surface area contributed by atoms with Crippen LogP contribution in [-0.4, -0.2) is 24.5 Å². The number of carbonyl (C=O) groups is 1. The number of nitrogens with zero attached hydrogens (tertiary/aromatic N) is 1. The SMILES string of the molecule is CCCNC(=O)c1ccc(CN(Cc2cccc(F)c2)Cc2cccc(OC)c2)o1. The van der Waals surface area contributed by atoms with Crippen molar-refractivity contribution in [2.24, 2.45) is 0 Å². The molecule has 0 spiro atoms. The standard InChI is InChI=1S/C24H27FN2O3/c1-3-12-26-24(28)23-11-10-22(30-23)17-27(15-18-6-4-8-20(25)13-18)16-19-7-5-9-21(14-19)29-2/h4-11,13-14H,3,12,15-17H2,1-2H3,(H,26,28). The number of nitrogens with one attached hydrogen (secondary N) is 1. The van der Waals surface area contributed by atoms with Gasteiger partial charge in [-0.3, -0.25) is 9.69 Å². The summed E-state index contributed by atoms with van der Waals surface area (Å²) in [5, 5.41) is 2.81. The van der Waals surface area contributed by atoms with Crippen LogP contribution in [-0.2, 0) is 19.6 Å². The highest BCUT2D eigenvalue weighted by Crippen LogP contribution is 2.19. The van der Waals surface area contributed by atoms with E-state index in [2.05, 4.69) is 10.2 Å². The first-order valence-electron chi connectivity index (χ1n) is 10.0. The van der Waals surface area contributed by atoms with Crippen molar-refractivity contribution < 1.29 is 18.3 Å². The van der Waals surface area contributed by atoms with Crippen molar-refractivity contribution in [3.05, 3.63) is 89.1 Å². The highest BCUT2D eigenvalue weighted by molar-refractivity contribution is 5.91. The third kappa shape index (κ3) is 6.19.